The van der Waals surface area contributed by atoms with Gasteiger partial charge >= 0.3 is 0 Å². The number of carbonyl (C=O) groups is 2. The number of likely N-dealkylation sites (N-methyl/N-ethyl adjacent to an activating group) is 1. The lowest BCUT2D eigenvalue weighted by Crippen LogP contribution is -2.47. The average Bonchev–Trinajstić information content (AvgIpc) is 2.76. The number of amides is 2. The quantitative estimate of drug-likeness (QED) is 0.814. The number of anilines is 2. The maximum absolute atomic E-state index is 12.7. The summed E-state index contributed by atoms with van der Waals surface area (Å²) in [4.78, 5) is 35.8. The molecular formula is C22H29N5O2. The summed E-state index contributed by atoms with van der Waals surface area (Å²) in [5, 5.41) is 2.90. The van der Waals surface area contributed by atoms with Crippen LogP contribution in [-0.4, -0.2) is 72.9 Å². The van der Waals surface area contributed by atoms with Gasteiger partial charge in [-0.3, -0.25) is 14.6 Å². The maximum atomic E-state index is 12.7. The van der Waals surface area contributed by atoms with Crippen molar-refractivity contribution in [2.24, 2.45) is 0 Å². The minimum absolute atomic E-state index is 0.128. The summed E-state index contributed by atoms with van der Waals surface area (Å²) in [6.07, 6.45) is 1.52. The number of pyridine rings is 1. The molecular weight excluding hydrogens is 366 g/mol. The fourth-order valence-electron chi connectivity index (χ4n) is 3.41. The fourth-order valence-corrected chi connectivity index (χ4v) is 3.41. The number of aromatic nitrogens is 1. The molecule has 1 aromatic heterocycles. The molecule has 1 aliphatic rings. The topological polar surface area (TPSA) is 68.8 Å². The standard InChI is InChI=1S/C22H29N5O2/c1-4-26(5-2)19-8-6-18(7-9-19)24-21(28)17-10-11-23-20(16-17)22(29)27-14-12-25(3)13-15-27/h6-11,16H,4-5,12-15H2,1-3H3,(H,24,28). The first-order valence-corrected chi connectivity index (χ1v) is 10.1. The summed E-state index contributed by atoms with van der Waals surface area (Å²) in [7, 11) is 2.04. The van der Waals surface area contributed by atoms with Crippen LogP contribution < -0.4 is 10.2 Å². The van der Waals surface area contributed by atoms with Gasteiger partial charge < -0.3 is 20.0 Å². The van der Waals surface area contributed by atoms with Crippen LogP contribution in [0.15, 0.2) is 42.6 Å². The molecule has 1 N–H and O–H groups in total. The van der Waals surface area contributed by atoms with Crippen molar-refractivity contribution in [3.05, 3.63) is 53.9 Å². The van der Waals surface area contributed by atoms with Gasteiger partial charge in [0.15, 0.2) is 0 Å². The Bertz CT molecular complexity index is 841. The van der Waals surface area contributed by atoms with E-state index in [4.69, 9.17) is 0 Å². The highest BCUT2D eigenvalue weighted by Gasteiger charge is 2.22. The highest BCUT2D eigenvalue weighted by atomic mass is 16.2. The largest absolute Gasteiger partial charge is 0.372 e. The second kappa shape index (κ2) is 9.52. The zero-order valence-corrected chi connectivity index (χ0v) is 17.4. The van der Waals surface area contributed by atoms with Gasteiger partial charge in [0, 0.05) is 62.4 Å². The second-order valence-corrected chi connectivity index (χ2v) is 7.20. The molecule has 7 heteroatoms. The van der Waals surface area contributed by atoms with E-state index in [-0.39, 0.29) is 11.8 Å². The predicted molar refractivity (Wildman–Crippen MR) is 116 cm³/mol. The number of nitrogens with zero attached hydrogens (tertiary/aromatic N) is 4. The monoisotopic (exact) mass is 395 g/mol. The highest BCUT2D eigenvalue weighted by Crippen LogP contribution is 2.18. The molecule has 2 aromatic rings. The van der Waals surface area contributed by atoms with Gasteiger partial charge in [0.2, 0.25) is 0 Å². The van der Waals surface area contributed by atoms with Crippen molar-refractivity contribution < 1.29 is 9.59 Å². The van der Waals surface area contributed by atoms with Gasteiger partial charge in [-0.05, 0) is 57.3 Å². The van der Waals surface area contributed by atoms with Crippen molar-refractivity contribution in [2.75, 3.05) is 56.5 Å². The van der Waals surface area contributed by atoms with Crippen LogP contribution in [0.25, 0.3) is 0 Å². The van der Waals surface area contributed by atoms with Crippen LogP contribution in [-0.2, 0) is 0 Å². The normalized spacial score (nSPS) is 14.5. The van der Waals surface area contributed by atoms with Gasteiger partial charge in [0.25, 0.3) is 11.8 Å². The van der Waals surface area contributed by atoms with E-state index in [1.807, 2.05) is 31.3 Å². The molecule has 1 fully saturated rings. The Morgan fingerprint density at radius 3 is 2.31 bits per heavy atom. The highest BCUT2D eigenvalue weighted by molar-refractivity contribution is 6.05. The first-order valence-electron chi connectivity index (χ1n) is 10.1. The number of carbonyl (C=O) groups excluding carboxylic acids is 2. The molecule has 0 spiro atoms. The Morgan fingerprint density at radius 1 is 1.03 bits per heavy atom. The number of nitrogens with one attached hydrogen (secondary N) is 1. The summed E-state index contributed by atoms with van der Waals surface area (Å²) in [5.41, 5.74) is 2.57. The lowest BCUT2D eigenvalue weighted by atomic mass is 10.2. The lowest BCUT2D eigenvalue weighted by molar-refractivity contribution is 0.0658. The van der Waals surface area contributed by atoms with Crippen LogP contribution in [0.3, 0.4) is 0 Å². The van der Waals surface area contributed by atoms with Gasteiger partial charge in [0.1, 0.15) is 5.69 Å². The minimum Gasteiger partial charge on any atom is -0.372 e. The third-order valence-electron chi connectivity index (χ3n) is 5.29. The van der Waals surface area contributed by atoms with E-state index in [9.17, 15) is 9.59 Å². The van der Waals surface area contributed by atoms with Crippen LogP contribution in [0, 0.1) is 0 Å². The molecule has 0 bridgehead atoms. The number of hydrogen-bond acceptors (Lipinski definition) is 5. The summed E-state index contributed by atoms with van der Waals surface area (Å²) in [5.74, 6) is -0.383. The Morgan fingerprint density at radius 2 is 1.69 bits per heavy atom. The molecule has 2 amide bonds. The van der Waals surface area contributed by atoms with E-state index < -0.39 is 0 Å². The van der Waals surface area contributed by atoms with E-state index in [2.05, 4.69) is 33.9 Å². The Balaban J connectivity index is 1.67. The summed E-state index contributed by atoms with van der Waals surface area (Å²) < 4.78 is 0. The van der Waals surface area contributed by atoms with Crippen molar-refractivity contribution in [3.63, 3.8) is 0 Å². The third kappa shape index (κ3) is 5.12. The van der Waals surface area contributed by atoms with Crippen LogP contribution in [0.4, 0.5) is 11.4 Å². The molecule has 0 unspecified atom stereocenters. The Kier molecular flexibility index (Phi) is 6.82. The Labute approximate surface area is 172 Å². The first-order chi connectivity index (χ1) is 14.0. The van der Waals surface area contributed by atoms with Crippen LogP contribution in [0.5, 0.6) is 0 Å². The predicted octanol–water partition coefficient (Wildman–Crippen LogP) is 2.57. The number of rotatable bonds is 6. The van der Waals surface area contributed by atoms with Gasteiger partial charge in [0.05, 0.1) is 0 Å². The summed E-state index contributed by atoms with van der Waals surface area (Å²) in [6.45, 7) is 9.13. The lowest BCUT2D eigenvalue weighted by Gasteiger charge is -2.32. The van der Waals surface area contributed by atoms with Gasteiger partial charge in [-0.1, -0.05) is 0 Å². The second-order valence-electron chi connectivity index (χ2n) is 7.20. The first kappa shape index (κ1) is 20.8. The number of piperazine rings is 1. The SMILES string of the molecule is CCN(CC)c1ccc(NC(=O)c2ccnc(C(=O)N3CCN(C)CC3)c2)cc1. The minimum atomic E-state index is -0.254. The van der Waals surface area contributed by atoms with Crippen molar-refractivity contribution in [1.29, 1.82) is 0 Å². The summed E-state index contributed by atoms with van der Waals surface area (Å²) >= 11 is 0. The molecule has 0 atom stereocenters. The van der Waals surface area contributed by atoms with Crippen LogP contribution in [0.1, 0.15) is 34.7 Å². The molecule has 29 heavy (non-hydrogen) atoms. The summed E-state index contributed by atoms with van der Waals surface area (Å²) in [6, 6.07) is 11.0. The molecule has 3 rings (SSSR count). The van der Waals surface area contributed by atoms with Gasteiger partial charge in [-0.25, -0.2) is 0 Å². The molecule has 0 radical (unpaired) electrons. The molecule has 1 saturated heterocycles. The van der Waals surface area contributed by atoms with Crippen LogP contribution in [0.2, 0.25) is 0 Å². The smallest absolute Gasteiger partial charge is 0.272 e. The van der Waals surface area contributed by atoms with E-state index >= 15 is 0 Å². The van der Waals surface area contributed by atoms with Gasteiger partial charge in [-0.2, -0.15) is 0 Å². The molecule has 1 aliphatic heterocycles. The van der Waals surface area contributed by atoms with Crippen molar-refractivity contribution in [3.8, 4) is 0 Å². The average molecular weight is 396 g/mol. The molecule has 0 saturated carbocycles. The zero-order valence-electron chi connectivity index (χ0n) is 17.4. The van der Waals surface area contributed by atoms with E-state index in [1.165, 1.54) is 6.20 Å². The molecule has 0 aliphatic carbocycles. The Hall–Kier alpha value is -2.93. The van der Waals surface area contributed by atoms with Crippen molar-refractivity contribution >= 4 is 23.2 Å². The molecule has 154 valence electrons. The number of hydrogen-bond donors (Lipinski definition) is 1. The number of benzene rings is 1. The van der Waals surface area contributed by atoms with Crippen molar-refractivity contribution in [2.45, 2.75) is 13.8 Å². The van der Waals surface area contributed by atoms with Crippen LogP contribution >= 0.6 is 0 Å². The molecule has 7 nitrogen and oxygen atoms in total. The van der Waals surface area contributed by atoms with Gasteiger partial charge in [-0.15, -0.1) is 0 Å². The van der Waals surface area contributed by atoms with E-state index in [0.717, 1.165) is 37.6 Å². The molecule has 1 aromatic carbocycles. The fraction of sp³-hybridized carbons (Fsp3) is 0.409. The maximum Gasteiger partial charge on any atom is 0.272 e. The third-order valence-corrected chi connectivity index (χ3v) is 5.29. The van der Waals surface area contributed by atoms with E-state index in [0.29, 0.717) is 24.3 Å². The van der Waals surface area contributed by atoms with E-state index in [1.54, 1.807) is 17.0 Å². The van der Waals surface area contributed by atoms with Crippen molar-refractivity contribution in [1.82, 2.24) is 14.8 Å². The zero-order chi connectivity index (χ0) is 20.8. The molecule has 2 heterocycles.